The van der Waals surface area contributed by atoms with Crippen LogP contribution < -0.4 is 14.8 Å². The van der Waals surface area contributed by atoms with E-state index in [1.807, 2.05) is 68.4 Å². The molecule has 6 nitrogen and oxygen atoms in total. The number of carbonyl (C=O) groups excluding carboxylic acids is 1. The van der Waals surface area contributed by atoms with Crippen molar-refractivity contribution in [3.63, 3.8) is 0 Å². The molecule has 158 valence electrons. The Morgan fingerprint density at radius 2 is 1.77 bits per heavy atom. The van der Waals surface area contributed by atoms with Gasteiger partial charge in [-0.2, -0.15) is 0 Å². The lowest BCUT2D eigenvalue weighted by Gasteiger charge is -2.17. The molecule has 4 aromatic rings. The van der Waals surface area contributed by atoms with Gasteiger partial charge < -0.3 is 19.2 Å². The zero-order valence-corrected chi connectivity index (χ0v) is 17.9. The van der Waals surface area contributed by atoms with Gasteiger partial charge in [0.25, 0.3) is 5.91 Å². The maximum atomic E-state index is 13.3. The number of pyridine rings is 1. The number of carbonyl (C=O) groups is 1. The molecule has 1 atom stereocenters. The van der Waals surface area contributed by atoms with Crippen LogP contribution in [0.15, 0.2) is 65.1 Å². The number of furan rings is 1. The largest absolute Gasteiger partial charge is 0.493 e. The monoisotopic (exact) mass is 416 g/mol. The summed E-state index contributed by atoms with van der Waals surface area (Å²) >= 11 is 0. The fourth-order valence-corrected chi connectivity index (χ4v) is 3.54. The molecule has 1 amide bonds. The topological polar surface area (TPSA) is 73.6 Å². The molecule has 0 saturated carbocycles. The number of aryl methyl sites for hydroxylation is 1. The molecule has 2 heterocycles. The zero-order chi connectivity index (χ0) is 22.0. The Morgan fingerprint density at radius 1 is 1.00 bits per heavy atom. The van der Waals surface area contributed by atoms with Gasteiger partial charge in [0.15, 0.2) is 17.3 Å². The number of amides is 1. The molecule has 2 aromatic heterocycles. The average Bonchev–Trinajstić information content (AvgIpc) is 3.23. The van der Waals surface area contributed by atoms with E-state index in [2.05, 4.69) is 10.3 Å². The minimum Gasteiger partial charge on any atom is -0.493 e. The van der Waals surface area contributed by atoms with Crippen LogP contribution in [0.1, 0.15) is 34.6 Å². The minimum atomic E-state index is -0.242. The molecule has 0 aliphatic carbocycles. The van der Waals surface area contributed by atoms with Gasteiger partial charge in [-0.05, 0) is 55.8 Å². The highest BCUT2D eigenvalue weighted by Gasteiger charge is 2.18. The maximum Gasteiger partial charge on any atom is 0.252 e. The van der Waals surface area contributed by atoms with Crippen LogP contribution in [0.5, 0.6) is 11.5 Å². The van der Waals surface area contributed by atoms with Gasteiger partial charge in [-0.3, -0.25) is 4.79 Å². The Balaban J connectivity index is 1.68. The number of rotatable bonds is 6. The number of benzene rings is 2. The van der Waals surface area contributed by atoms with E-state index < -0.39 is 0 Å². The molecule has 6 heteroatoms. The molecule has 0 unspecified atom stereocenters. The van der Waals surface area contributed by atoms with Crippen LogP contribution >= 0.6 is 0 Å². The molecule has 31 heavy (non-hydrogen) atoms. The summed E-state index contributed by atoms with van der Waals surface area (Å²) in [6, 6.07) is 18.5. The summed E-state index contributed by atoms with van der Waals surface area (Å²) in [6.07, 6.45) is 0. The molecule has 0 bridgehead atoms. The van der Waals surface area contributed by atoms with Gasteiger partial charge in [-0.15, -0.1) is 0 Å². The third-order valence-electron chi connectivity index (χ3n) is 5.21. The van der Waals surface area contributed by atoms with Gasteiger partial charge in [-0.1, -0.05) is 24.3 Å². The lowest BCUT2D eigenvalue weighted by Crippen LogP contribution is -2.27. The number of nitrogens with one attached hydrogen (secondary N) is 1. The molecule has 4 rings (SSSR count). The lowest BCUT2D eigenvalue weighted by atomic mass is 10.0. The zero-order valence-electron chi connectivity index (χ0n) is 17.9. The van der Waals surface area contributed by atoms with E-state index in [0.717, 1.165) is 22.2 Å². The molecular weight excluding hydrogens is 392 g/mol. The van der Waals surface area contributed by atoms with E-state index in [4.69, 9.17) is 13.9 Å². The van der Waals surface area contributed by atoms with Crippen molar-refractivity contribution in [2.24, 2.45) is 0 Å². The fourth-order valence-electron chi connectivity index (χ4n) is 3.54. The first-order chi connectivity index (χ1) is 15.0. The number of aromatic nitrogens is 1. The summed E-state index contributed by atoms with van der Waals surface area (Å²) in [5.74, 6) is 2.49. The fraction of sp³-hybridized carbons (Fsp3) is 0.200. The number of methoxy groups -OCH3 is 2. The maximum absolute atomic E-state index is 13.3. The van der Waals surface area contributed by atoms with Crippen molar-refractivity contribution in [1.82, 2.24) is 10.3 Å². The van der Waals surface area contributed by atoms with Crippen LogP contribution in [0.4, 0.5) is 0 Å². The first-order valence-electron chi connectivity index (χ1n) is 9.99. The standard InChI is InChI=1S/C25H24N2O4/c1-15-9-11-22(31-15)21-14-19(18-7-5-6-8-20(18)27-21)25(28)26-16(2)17-10-12-23(29-3)24(13-17)30-4/h5-14,16H,1-4H3,(H,26,28)/t16-/m1/s1. The number of fused-ring (bicyclic) bond motifs is 1. The van der Waals surface area contributed by atoms with E-state index in [0.29, 0.717) is 28.5 Å². The highest BCUT2D eigenvalue weighted by Crippen LogP contribution is 2.31. The van der Waals surface area contributed by atoms with E-state index in [1.54, 1.807) is 20.3 Å². The molecule has 0 radical (unpaired) electrons. The van der Waals surface area contributed by atoms with Gasteiger partial charge in [0.1, 0.15) is 11.5 Å². The quantitative estimate of drug-likeness (QED) is 0.461. The van der Waals surface area contributed by atoms with Crippen LogP contribution in [-0.4, -0.2) is 25.1 Å². The van der Waals surface area contributed by atoms with Crippen LogP contribution in [0.25, 0.3) is 22.4 Å². The third kappa shape index (κ3) is 4.10. The Kier molecular flexibility index (Phi) is 5.62. The van der Waals surface area contributed by atoms with Crippen LogP contribution in [0.2, 0.25) is 0 Å². The van der Waals surface area contributed by atoms with Gasteiger partial charge in [-0.25, -0.2) is 4.98 Å². The van der Waals surface area contributed by atoms with E-state index in [-0.39, 0.29) is 11.9 Å². The van der Waals surface area contributed by atoms with Crippen LogP contribution in [-0.2, 0) is 0 Å². The Labute approximate surface area is 180 Å². The molecule has 0 fully saturated rings. The second kappa shape index (κ2) is 8.52. The summed E-state index contributed by atoms with van der Waals surface area (Å²) in [4.78, 5) is 18.0. The molecule has 1 N–H and O–H groups in total. The third-order valence-corrected chi connectivity index (χ3v) is 5.21. The summed E-state index contributed by atoms with van der Waals surface area (Å²) in [6.45, 7) is 3.81. The SMILES string of the molecule is COc1ccc([C@@H](C)NC(=O)c2cc(-c3ccc(C)o3)nc3ccccc23)cc1OC. The van der Waals surface area contributed by atoms with Gasteiger partial charge in [0, 0.05) is 5.39 Å². The van der Waals surface area contributed by atoms with E-state index in [9.17, 15) is 4.79 Å². The van der Waals surface area contributed by atoms with Crippen molar-refractivity contribution in [3.05, 3.63) is 77.6 Å². The predicted molar refractivity (Wildman–Crippen MR) is 120 cm³/mol. The van der Waals surface area contributed by atoms with Gasteiger partial charge in [0.05, 0.1) is 31.3 Å². The van der Waals surface area contributed by atoms with Crippen molar-refractivity contribution in [1.29, 1.82) is 0 Å². The van der Waals surface area contributed by atoms with Gasteiger partial charge in [0.2, 0.25) is 0 Å². The van der Waals surface area contributed by atoms with Crippen molar-refractivity contribution in [2.75, 3.05) is 14.2 Å². The number of ether oxygens (including phenoxy) is 2. The first-order valence-corrected chi connectivity index (χ1v) is 9.99. The molecule has 0 aliphatic rings. The lowest BCUT2D eigenvalue weighted by molar-refractivity contribution is 0.0941. The Bertz CT molecular complexity index is 1250. The predicted octanol–water partition coefficient (Wildman–Crippen LogP) is 5.31. The van der Waals surface area contributed by atoms with Crippen LogP contribution in [0, 0.1) is 6.92 Å². The normalized spacial score (nSPS) is 11.9. The Hall–Kier alpha value is -3.80. The van der Waals surface area contributed by atoms with Crippen molar-refractivity contribution in [3.8, 4) is 23.0 Å². The number of hydrogen-bond acceptors (Lipinski definition) is 5. The van der Waals surface area contributed by atoms with E-state index >= 15 is 0 Å². The Morgan fingerprint density at radius 3 is 2.48 bits per heavy atom. The number of para-hydroxylation sites is 1. The summed E-state index contributed by atoms with van der Waals surface area (Å²) in [5.41, 5.74) is 2.81. The summed E-state index contributed by atoms with van der Waals surface area (Å²) < 4.78 is 16.4. The first kappa shape index (κ1) is 20.5. The number of hydrogen-bond donors (Lipinski definition) is 1. The van der Waals surface area contributed by atoms with Crippen molar-refractivity contribution >= 4 is 16.8 Å². The summed E-state index contributed by atoms with van der Waals surface area (Å²) in [5, 5.41) is 3.87. The number of nitrogens with zero attached hydrogens (tertiary/aromatic N) is 1. The molecule has 0 saturated heterocycles. The minimum absolute atomic E-state index is 0.189. The highest BCUT2D eigenvalue weighted by atomic mass is 16.5. The van der Waals surface area contributed by atoms with Crippen LogP contribution in [0.3, 0.4) is 0 Å². The van der Waals surface area contributed by atoms with Crippen molar-refractivity contribution in [2.45, 2.75) is 19.9 Å². The average molecular weight is 416 g/mol. The van der Waals surface area contributed by atoms with E-state index in [1.165, 1.54) is 0 Å². The molecule has 0 aliphatic heterocycles. The highest BCUT2D eigenvalue weighted by molar-refractivity contribution is 6.07. The molecular formula is C25H24N2O4. The second-order valence-corrected chi connectivity index (χ2v) is 7.29. The molecule has 2 aromatic carbocycles. The summed E-state index contributed by atoms with van der Waals surface area (Å²) in [7, 11) is 3.18. The smallest absolute Gasteiger partial charge is 0.252 e. The second-order valence-electron chi connectivity index (χ2n) is 7.29. The van der Waals surface area contributed by atoms with Crippen molar-refractivity contribution < 1.29 is 18.7 Å². The van der Waals surface area contributed by atoms with Gasteiger partial charge >= 0.3 is 0 Å². The molecule has 0 spiro atoms.